The molecule has 1 saturated heterocycles. The van der Waals surface area contributed by atoms with E-state index in [9.17, 15) is 14.7 Å². The van der Waals surface area contributed by atoms with Crippen LogP contribution in [-0.2, 0) is 14.3 Å². The minimum Gasteiger partial charge on any atom is -0.481 e. The van der Waals surface area contributed by atoms with Gasteiger partial charge in [-0.1, -0.05) is 25.7 Å². The molecule has 3 atom stereocenters. The van der Waals surface area contributed by atoms with Crippen LogP contribution in [0.2, 0.25) is 0 Å². The number of rotatable bonds is 3. The zero-order chi connectivity index (χ0) is 14.4. The Balaban J connectivity index is 1.94. The molecule has 0 radical (unpaired) electrons. The molecule has 5 nitrogen and oxygen atoms in total. The molecule has 0 aromatic rings. The number of carbonyl (C=O) groups is 2. The average molecular weight is 283 g/mol. The van der Waals surface area contributed by atoms with Gasteiger partial charge in [-0.2, -0.15) is 0 Å². The Bertz CT molecular complexity index is 339. The standard InChI is InChI=1S/C15H25NO4/c17-14(11-6-5-9-20-10-11)16-13-8-4-2-1-3-7-12(13)15(18)19/h11-13H,1-10H2,(H,16,17)(H,18,19). The Morgan fingerprint density at radius 2 is 1.75 bits per heavy atom. The van der Waals surface area contributed by atoms with Gasteiger partial charge in [0.15, 0.2) is 0 Å². The van der Waals surface area contributed by atoms with Crippen molar-refractivity contribution >= 4 is 11.9 Å². The molecule has 5 heteroatoms. The molecule has 2 fully saturated rings. The predicted molar refractivity (Wildman–Crippen MR) is 74.3 cm³/mol. The molecule has 1 saturated carbocycles. The van der Waals surface area contributed by atoms with E-state index in [0.717, 1.165) is 51.6 Å². The smallest absolute Gasteiger partial charge is 0.308 e. The Kier molecular flexibility index (Phi) is 5.83. The van der Waals surface area contributed by atoms with Crippen molar-refractivity contribution in [1.29, 1.82) is 0 Å². The fraction of sp³-hybridized carbons (Fsp3) is 0.867. The number of aliphatic carboxylic acids is 1. The van der Waals surface area contributed by atoms with Crippen LogP contribution < -0.4 is 5.32 Å². The Labute approximate surface area is 120 Å². The number of carbonyl (C=O) groups excluding carboxylic acids is 1. The van der Waals surface area contributed by atoms with Gasteiger partial charge < -0.3 is 15.2 Å². The lowest BCUT2D eigenvalue weighted by molar-refractivity contribution is -0.144. The van der Waals surface area contributed by atoms with Crippen LogP contribution >= 0.6 is 0 Å². The molecule has 2 rings (SSSR count). The largest absolute Gasteiger partial charge is 0.481 e. The third kappa shape index (κ3) is 4.20. The number of ether oxygens (including phenoxy) is 1. The molecule has 3 unspecified atom stereocenters. The molecular formula is C15H25NO4. The minimum atomic E-state index is -0.780. The molecule has 0 spiro atoms. The van der Waals surface area contributed by atoms with Gasteiger partial charge in [0.1, 0.15) is 0 Å². The summed E-state index contributed by atoms with van der Waals surface area (Å²) in [6, 6.07) is -0.220. The Hall–Kier alpha value is -1.10. The lowest BCUT2D eigenvalue weighted by Gasteiger charge is -2.30. The number of carboxylic acid groups (broad SMARTS) is 1. The highest BCUT2D eigenvalue weighted by Gasteiger charge is 2.32. The summed E-state index contributed by atoms with van der Waals surface area (Å²) >= 11 is 0. The van der Waals surface area contributed by atoms with Crippen molar-refractivity contribution in [2.45, 2.75) is 57.4 Å². The maximum absolute atomic E-state index is 12.2. The molecule has 2 N–H and O–H groups in total. The lowest BCUT2D eigenvalue weighted by Crippen LogP contribution is -2.47. The maximum atomic E-state index is 12.2. The van der Waals surface area contributed by atoms with Gasteiger partial charge in [-0.25, -0.2) is 0 Å². The lowest BCUT2D eigenvalue weighted by atomic mass is 9.86. The number of carboxylic acids is 1. The predicted octanol–water partition coefficient (Wildman–Crippen LogP) is 1.95. The molecule has 20 heavy (non-hydrogen) atoms. The highest BCUT2D eigenvalue weighted by molar-refractivity contribution is 5.80. The molecule has 2 aliphatic rings. The zero-order valence-electron chi connectivity index (χ0n) is 12.0. The van der Waals surface area contributed by atoms with Crippen molar-refractivity contribution in [3.05, 3.63) is 0 Å². The van der Waals surface area contributed by atoms with Gasteiger partial charge in [0, 0.05) is 12.6 Å². The molecule has 1 heterocycles. The molecule has 1 aliphatic carbocycles. The molecular weight excluding hydrogens is 258 g/mol. The van der Waals surface area contributed by atoms with E-state index in [4.69, 9.17) is 4.74 Å². The summed E-state index contributed by atoms with van der Waals surface area (Å²) in [6.07, 6.45) is 7.36. The first-order valence-corrected chi connectivity index (χ1v) is 7.79. The third-order valence-electron chi connectivity index (χ3n) is 4.44. The van der Waals surface area contributed by atoms with Gasteiger partial charge in [0.2, 0.25) is 5.91 Å². The number of hydrogen-bond donors (Lipinski definition) is 2. The molecule has 1 amide bonds. The van der Waals surface area contributed by atoms with Crippen LogP contribution in [0.1, 0.15) is 51.4 Å². The highest BCUT2D eigenvalue weighted by Crippen LogP contribution is 2.24. The normalized spacial score (nSPS) is 31.9. The van der Waals surface area contributed by atoms with Gasteiger partial charge in [-0.15, -0.1) is 0 Å². The Morgan fingerprint density at radius 3 is 2.40 bits per heavy atom. The first-order valence-electron chi connectivity index (χ1n) is 7.79. The van der Waals surface area contributed by atoms with Crippen LogP contribution in [0.15, 0.2) is 0 Å². The number of hydrogen-bond acceptors (Lipinski definition) is 3. The van der Waals surface area contributed by atoms with Gasteiger partial charge in [0.25, 0.3) is 0 Å². The van der Waals surface area contributed by atoms with E-state index in [2.05, 4.69) is 5.32 Å². The monoisotopic (exact) mass is 283 g/mol. The van der Waals surface area contributed by atoms with Crippen LogP contribution in [0, 0.1) is 11.8 Å². The topological polar surface area (TPSA) is 75.6 Å². The summed E-state index contributed by atoms with van der Waals surface area (Å²) in [5.74, 6) is -1.36. The fourth-order valence-electron chi connectivity index (χ4n) is 3.20. The van der Waals surface area contributed by atoms with Crippen molar-refractivity contribution in [3.8, 4) is 0 Å². The summed E-state index contributed by atoms with van der Waals surface area (Å²) in [5.41, 5.74) is 0. The fourth-order valence-corrected chi connectivity index (χ4v) is 3.20. The summed E-state index contributed by atoms with van der Waals surface area (Å²) in [6.45, 7) is 1.20. The van der Waals surface area contributed by atoms with E-state index in [1.54, 1.807) is 0 Å². The van der Waals surface area contributed by atoms with Gasteiger partial charge in [-0.3, -0.25) is 9.59 Å². The number of nitrogens with one attached hydrogen (secondary N) is 1. The second kappa shape index (κ2) is 7.62. The van der Waals surface area contributed by atoms with Crippen LogP contribution in [0.3, 0.4) is 0 Å². The van der Waals surface area contributed by atoms with Crippen LogP contribution in [-0.4, -0.2) is 36.2 Å². The molecule has 1 aliphatic heterocycles. The average Bonchev–Trinajstić information content (AvgIpc) is 2.42. The first kappa shape index (κ1) is 15.3. The van der Waals surface area contributed by atoms with Crippen molar-refractivity contribution in [3.63, 3.8) is 0 Å². The minimum absolute atomic E-state index is 0.0264. The van der Waals surface area contributed by atoms with Crippen LogP contribution in [0.25, 0.3) is 0 Å². The SMILES string of the molecule is O=C(NC1CCCCCCC1C(=O)O)C1CCCOC1. The van der Waals surface area contributed by atoms with Crippen molar-refractivity contribution < 1.29 is 19.4 Å². The first-order chi connectivity index (χ1) is 9.68. The van der Waals surface area contributed by atoms with Gasteiger partial charge in [-0.05, 0) is 25.7 Å². The third-order valence-corrected chi connectivity index (χ3v) is 4.44. The molecule has 114 valence electrons. The van der Waals surface area contributed by atoms with Gasteiger partial charge in [0.05, 0.1) is 18.4 Å². The summed E-state index contributed by atoms with van der Waals surface area (Å²) in [4.78, 5) is 23.7. The second-order valence-corrected chi connectivity index (χ2v) is 5.97. The quantitative estimate of drug-likeness (QED) is 0.830. The summed E-state index contributed by atoms with van der Waals surface area (Å²) in [5, 5.41) is 12.4. The van der Waals surface area contributed by atoms with Crippen LogP contribution in [0.4, 0.5) is 0 Å². The van der Waals surface area contributed by atoms with Crippen molar-refractivity contribution in [2.75, 3.05) is 13.2 Å². The number of amides is 1. The molecule has 0 bridgehead atoms. The van der Waals surface area contributed by atoms with Crippen molar-refractivity contribution in [1.82, 2.24) is 5.32 Å². The van der Waals surface area contributed by atoms with E-state index >= 15 is 0 Å². The second-order valence-electron chi connectivity index (χ2n) is 5.97. The van der Waals surface area contributed by atoms with E-state index in [-0.39, 0.29) is 17.9 Å². The zero-order valence-corrected chi connectivity index (χ0v) is 12.0. The van der Waals surface area contributed by atoms with Crippen molar-refractivity contribution in [2.24, 2.45) is 11.8 Å². The summed E-state index contributed by atoms with van der Waals surface area (Å²) in [7, 11) is 0. The molecule has 0 aromatic heterocycles. The Morgan fingerprint density at radius 1 is 1.00 bits per heavy atom. The summed E-state index contributed by atoms with van der Waals surface area (Å²) < 4.78 is 5.33. The van der Waals surface area contributed by atoms with E-state index in [0.29, 0.717) is 13.0 Å². The van der Waals surface area contributed by atoms with E-state index in [1.165, 1.54) is 0 Å². The van der Waals surface area contributed by atoms with Crippen LogP contribution in [0.5, 0.6) is 0 Å². The highest BCUT2D eigenvalue weighted by atomic mass is 16.5. The van der Waals surface area contributed by atoms with Gasteiger partial charge >= 0.3 is 5.97 Å². The molecule has 0 aromatic carbocycles. The maximum Gasteiger partial charge on any atom is 0.308 e. The van der Waals surface area contributed by atoms with E-state index < -0.39 is 11.9 Å². The van der Waals surface area contributed by atoms with E-state index in [1.807, 2.05) is 0 Å².